The SMILES string of the molecule is OC(CN1CCCCCC1)c1ccc2c(c1)CCCC2. The molecule has 1 heterocycles. The Morgan fingerprint density at radius 2 is 1.60 bits per heavy atom. The van der Waals surface area contributed by atoms with Gasteiger partial charge in [0.05, 0.1) is 6.10 Å². The van der Waals surface area contributed by atoms with Gasteiger partial charge in [-0.15, -0.1) is 0 Å². The number of nitrogens with zero attached hydrogens (tertiary/aromatic N) is 1. The lowest BCUT2D eigenvalue weighted by atomic mass is 9.89. The summed E-state index contributed by atoms with van der Waals surface area (Å²) >= 11 is 0. The average Bonchev–Trinajstić information content (AvgIpc) is 2.75. The van der Waals surface area contributed by atoms with Gasteiger partial charge >= 0.3 is 0 Å². The first-order valence-corrected chi connectivity index (χ1v) is 8.35. The lowest BCUT2D eigenvalue weighted by Crippen LogP contribution is -2.29. The van der Waals surface area contributed by atoms with Crippen LogP contribution in [0.2, 0.25) is 0 Å². The number of likely N-dealkylation sites (tertiary alicyclic amines) is 1. The molecule has 0 bridgehead atoms. The van der Waals surface area contributed by atoms with Gasteiger partial charge in [-0.05, 0) is 68.3 Å². The van der Waals surface area contributed by atoms with E-state index in [1.807, 2.05) is 0 Å². The smallest absolute Gasteiger partial charge is 0.0917 e. The van der Waals surface area contributed by atoms with Crippen molar-refractivity contribution in [1.82, 2.24) is 4.90 Å². The summed E-state index contributed by atoms with van der Waals surface area (Å²) in [5, 5.41) is 10.5. The van der Waals surface area contributed by atoms with Crippen LogP contribution < -0.4 is 0 Å². The van der Waals surface area contributed by atoms with Gasteiger partial charge in [0.2, 0.25) is 0 Å². The number of aliphatic hydroxyl groups is 1. The van der Waals surface area contributed by atoms with Crippen molar-refractivity contribution in [1.29, 1.82) is 0 Å². The zero-order valence-corrected chi connectivity index (χ0v) is 12.5. The van der Waals surface area contributed by atoms with E-state index in [0.29, 0.717) is 0 Å². The van der Waals surface area contributed by atoms with Crippen LogP contribution in [-0.2, 0) is 12.8 Å². The van der Waals surface area contributed by atoms with Gasteiger partial charge in [0.1, 0.15) is 0 Å². The molecule has 3 rings (SSSR count). The minimum Gasteiger partial charge on any atom is -0.387 e. The summed E-state index contributed by atoms with van der Waals surface area (Å²) in [5.74, 6) is 0. The molecule has 0 saturated carbocycles. The van der Waals surface area contributed by atoms with E-state index < -0.39 is 0 Å². The lowest BCUT2D eigenvalue weighted by Gasteiger charge is -2.24. The van der Waals surface area contributed by atoms with Crippen LogP contribution in [0.4, 0.5) is 0 Å². The number of fused-ring (bicyclic) bond motifs is 1. The zero-order valence-electron chi connectivity index (χ0n) is 12.5. The van der Waals surface area contributed by atoms with Crippen molar-refractivity contribution in [2.75, 3.05) is 19.6 Å². The van der Waals surface area contributed by atoms with E-state index in [1.165, 1.54) is 62.5 Å². The van der Waals surface area contributed by atoms with Gasteiger partial charge in [-0.2, -0.15) is 0 Å². The molecule has 1 aromatic rings. The number of hydrogen-bond donors (Lipinski definition) is 1. The first-order chi connectivity index (χ1) is 9.83. The van der Waals surface area contributed by atoms with Gasteiger partial charge in [0.15, 0.2) is 0 Å². The molecule has 2 aliphatic rings. The molecule has 0 amide bonds. The summed E-state index contributed by atoms with van der Waals surface area (Å²) < 4.78 is 0. The maximum absolute atomic E-state index is 10.5. The number of β-amino-alcohol motifs (C(OH)–C–C–N with tert-alkyl or cyclic N) is 1. The van der Waals surface area contributed by atoms with E-state index in [1.54, 1.807) is 0 Å². The Morgan fingerprint density at radius 3 is 2.35 bits per heavy atom. The standard InChI is InChI=1S/C18H27NO/c20-18(14-19-11-5-1-2-6-12-19)17-10-9-15-7-3-4-8-16(15)13-17/h9-10,13,18,20H,1-8,11-12,14H2. The molecule has 1 N–H and O–H groups in total. The maximum atomic E-state index is 10.5. The first-order valence-electron chi connectivity index (χ1n) is 8.35. The second-order valence-electron chi connectivity index (χ2n) is 6.47. The molecule has 1 atom stereocenters. The van der Waals surface area contributed by atoms with Gasteiger partial charge in [0.25, 0.3) is 0 Å². The maximum Gasteiger partial charge on any atom is 0.0917 e. The topological polar surface area (TPSA) is 23.5 Å². The van der Waals surface area contributed by atoms with Crippen LogP contribution in [0.5, 0.6) is 0 Å². The van der Waals surface area contributed by atoms with Crippen LogP contribution >= 0.6 is 0 Å². The fraction of sp³-hybridized carbons (Fsp3) is 0.667. The van der Waals surface area contributed by atoms with Crippen molar-refractivity contribution >= 4 is 0 Å². The van der Waals surface area contributed by atoms with Crippen molar-refractivity contribution in [2.24, 2.45) is 0 Å². The van der Waals surface area contributed by atoms with Crippen molar-refractivity contribution in [3.05, 3.63) is 34.9 Å². The highest BCUT2D eigenvalue weighted by molar-refractivity contribution is 5.34. The van der Waals surface area contributed by atoms with Crippen LogP contribution in [0, 0.1) is 0 Å². The third kappa shape index (κ3) is 3.42. The molecule has 1 fully saturated rings. The summed E-state index contributed by atoms with van der Waals surface area (Å²) in [6.45, 7) is 3.11. The Hall–Kier alpha value is -0.860. The Morgan fingerprint density at radius 1 is 0.900 bits per heavy atom. The summed E-state index contributed by atoms with van der Waals surface area (Å²) in [5.41, 5.74) is 4.10. The van der Waals surface area contributed by atoms with Crippen molar-refractivity contribution in [2.45, 2.75) is 57.5 Å². The van der Waals surface area contributed by atoms with E-state index >= 15 is 0 Å². The molecule has 2 nitrogen and oxygen atoms in total. The van der Waals surface area contributed by atoms with Gasteiger partial charge in [0, 0.05) is 6.54 Å². The predicted molar refractivity (Wildman–Crippen MR) is 83.0 cm³/mol. The van der Waals surface area contributed by atoms with E-state index in [9.17, 15) is 5.11 Å². The van der Waals surface area contributed by atoms with E-state index in [-0.39, 0.29) is 6.10 Å². The molecule has 0 spiro atoms. The minimum absolute atomic E-state index is 0.319. The third-order valence-corrected chi connectivity index (χ3v) is 4.89. The fourth-order valence-corrected chi connectivity index (χ4v) is 3.63. The molecular formula is C18H27NO. The number of hydrogen-bond acceptors (Lipinski definition) is 2. The van der Waals surface area contributed by atoms with Gasteiger partial charge in [-0.25, -0.2) is 0 Å². The Labute approximate surface area is 122 Å². The molecule has 2 heteroatoms. The van der Waals surface area contributed by atoms with Gasteiger partial charge in [-0.3, -0.25) is 0 Å². The quantitative estimate of drug-likeness (QED) is 0.911. The molecule has 1 aliphatic carbocycles. The highest BCUT2D eigenvalue weighted by atomic mass is 16.3. The summed E-state index contributed by atoms with van der Waals surface area (Å²) in [6.07, 6.45) is 10.0. The van der Waals surface area contributed by atoms with Crippen LogP contribution in [-0.4, -0.2) is 29.6 Å². The van der Waals surface area contributed by atoms with Crippen LogP contribution in [0.3, 0.4) is 0 Å². The predicted octanol–water partition coefficient (Wildman–Crippen LogP) is 3.47. The normalized spacial score (nSPS) is 22.1. The second-order valence-corrected chi connectivity index (χ2v) is 6.47. The molecule has 0 radical (unpaired) electrons. The zero-order chi connectivity index (χ0) is 13.8. The van der Waals surface area contributed by atoms with Crippen LogP contribution in [0.25, 0.3) is 0 Å². The van der Waals surface area contributed by atoms with Gasteiger partial charge < -0.3 is 10.0 Å². The van der Waals surface area contributed by atoms with Gasteiger partial charge in [-0.1, -0.05) is 31.0 Å². The summed E-state index contributed by atoms with van der Waals surface area (Å²) in [7, 11) is 0. The van der Waals surface area contributed by atoms with Crippen molar-refractivity contribution in [3.63, 3.8) is 0 Å². The van der Waals surface area contributed by atoms with Crippen LogP contribution in [0.15, 0.2) is 18.2 Å². The summed E-state index contributed by atoms with van der Waals surface area (Å²) in [4.78, 5) is 2.44. The number of benzene rings is 1. The molecule has 1 aromatic carbocycles. The Kier molecular flexibility index (Phi) is 4.74. The number of rotatable bonds is 3. The molecule has 1 aliphatic heterocycles. The minimum atomic E-state index is -0.319. The first kappa shape index (κ1) is 14.1. The molecule has 1 unspecified atom stereocenters. The molecule has 110 valence electrons. The number of aryl methyl sites for hydroxylation is 2. The monoisotopic (exact) mass is 273 g/mol. The van der Waals surface area contributed by atoms with E-state index in [0.717, 1.165) is 25.2 Å². The summed E-state index contributed by atoms with van der Waals surface area (Å²) in [6, 6.07) is 6.65. The molecule has 20 heavy (non-hydrogen) atoms. The third-order valence-electron chi connectivity index (χ3n) is 4.89. The largest absolute Gasteiger partial charge is 0.387 e. The highest BCUT2D eigenvalue weighted by Gasteiger charge is 2.17. The molecule has 0 aromatic heterocycles. The van der Waals surface area contributed by atoms with Crippen LogP contribution in [0.1, 0.15) is 61.3 Å². The van der Waals surface area contributed by atoms with E-state index in [2.05, 4.69) is 23.1 Å². The van der Waals surface area contributed by atoms with Crippen molar-refractivity contribution in [3.8, 4) is 0 Å². The lowest BCUT2D eigenvalue weighted by molar-refractivity contribution is 0.115. The second kappa shape index (κ2) is 6.73. The molecule has 1 saturated heterocycles. The highest BCUT2D eigenvalue weighted by Crippen LogP contribution is 2.25. The van der Waals surface area contributed by atoms with E-state index in [4.69, 9.17) is 0 Å². The molecular weight excluding hydrogens is 246 g/mol. The van der Waals surface area contributed by atoms with Crippen molar-refractivity contribution < 1.29 is 5.11 Å². The number of aliphatic hydroxyl groups excluding tert-OH is 1. The fourth-order valence-electron chi connectivity index (χ4n) is 3.63. The Bertz CT molecular complexity index is 435. The Balaban J connectivity index is 1.65. The average molecular weight is 273 g/mol.